The first-order chi connectivity index (χ1) is 12.5. The maximum Gasteiger partial charge on any atom is 0.124 e. The van der Waals surface area contributed by atoms with Crippen molar-refractivity contribution in [1.82, 2.24) is 0 Å². The van der Waals surface area contributed by atoms with Gasteiger partial charge in [-0.2, -0.15) is 0 Å². The first kappa shape index (κ1) is 18.5. The predicted molar refractivity (Wildman–Crippen MR) is 108 cm³/mol. The van der Waals surface area contributed by atoms with E-state index in [2.05, 4.69) is 53.3 Å². The molecule has 0 radical (unpaired) electrons. The lowest BCUT2D eigenvalue weighted by atomic mass is 10.1. The maximum absolute atomic E-state index is 13.3. The van der Waals surface area contributed by atoms with Crippen LogP contribution in [0.25, 0.3) is 0 Å². The fourth-order valence-electron chi connectivity index (χ4n) is 2.82. The normalized spacial score (nSPS) is 10.6. The minimum Gasteiger partial charge on any atom is -0.489 e. The second-order valence-electron chi connectivity index (χ2n) is 6.34. The highest BCUT2D eigenvalue weighted by Crippen LogP contribution is 2.26. The average molecular weight is 414 g/mol. The van der Waals surface area contributed by atoms with E-state index in [-0.39, 0.29) is 5.82 Å². The highest BCUT2D eigenvalue weighted by molar-refractivity contribution is 9.10. The summed E-state index contributed by atoms with van der Waals surface area (Å²) in [6, 6.07) is 18.7. The summed E-state index contributed by atoms with van der Waals surface area (Å²) in [5.74, 6) is 0.536. The van der Waals surface area contributed by atoms with Crippen LogP contribution >= 0.6 is 15.9 Å². The Kier molecular flexibility index (Phi) is 5.94. The molecule has 0 aliphatic heterocycles. The average Bonchev–Trinajstić information content (AvgIpc) is 2.60. The van der Waals surface area contributed by atoms with Crippen LogP contribution in [0.4, 0.5) is 10.1 Å². The van der Waals surface area contributed by atoms with Crippen LogP contribution in [0.5, 0.6) is 5.75 Å². The zero-order valence-electron chi connectivity index (χ0n) is 14.9. The summed E-state index contributed by atoms with van der Waals surface area (Å²) in [5.41, 5.74) is 5.40. The number of nitrogens with one attached hydrogen (secondary N) is 1. The Morgan fingerprint density at radius 3 is 2.62 bits per heavy atom. The molecule has 0 aliphatic rings. The number of halogens is 2. The van der Waals surface area contributed by atoms with Gasteiger partial charge in [-0.25, -0.2) is 4.39 Å². The molecule has 0 unspecified atom stereocenters. The molecule has 3 rings (SSSR count). The smallest absolute Gasteiger partial charge is 0.124 e. The van der Waals surface area contributed by atoms with Gasteiger partial charge in [0.25, 0.3) is 0 Å². The van der Waals surface area contributed by atoms with Gasteiger partial charge in [-0.1, -0.05) is 45.8 Å². The van der Waals surface area contributed by atoms with Crippen LogP contribution in [0.1, 0.15) is 22.3 Å². The summed E-state index contributed by atoms with van der Waals surface area (Å²) >= 11 is 3.52. The van der Waals surface area contributed by atoms with Gasteiger partial charge in [0.2, 0.25) is 0 Å². The van der Waals surface area contributed by atoms with Crippen LogP contribution in [-0.2, 0) is 13.2 Å². The molecule has 0 spiro atoms. The molecule has 1 N–H and O–H groups in total. The molecule has 0 fully saturated rings. The molecule has 0 heterocycles. The minimum absolute atomic E-state index is 0.251. The third kappa shape index (κ3) is 4.85. The van der Waals surface area contributed by atoms with Crippen molar-refractivity contribution in [2.45, 2.75) is 27.0 Å². The van der Waals surface area contributed by atoms with Crippen molar-refractivity contribution in [3.8, 4) is 5.75 Å². The highest BCUT2D eigenvalue weighted by Gasteiger charge is 2.07. The van der Waals surface area contributed by atoms with Gasteiger partial charge in [0.1, 0.15) is 18.2 Å². The summed E-state index contributed by atoms with van der Waals surface area (Å²) in [7, 11) is 0. The molecule has 0 bridgehead atoms. The molecule has 2 nitrogen and oxygen atoms in total. The molecular weight excluding hydrogens is 393 g/mol. The summed E-state index contributed by atoms with van der Waals surface area (Å²) < 4.78 is 20.3. The monoisotopic (exact) mass is 413 g/mol. The fraction of sp³-hybridized carbons (Fsp3) is 0.182. The lowest BCUT2D eigenvalue weighted by Crippen LogP contribution is -2.05. The second kappa shape index (κ2) is 8.37. The number of hydrogen-bond acceptors (Lipinski definition) is 2. The molecule has 3 aromatic rings. The van der Waals surface area contributed by atoms with Gasteiger partial charge in [-0.15, -0.1) is 0 Å². The third-order valence-corrected chi connectivity index (χ3v) is 4.65. The van der Waals surface area contributed by atoms with Crippen LogP contribution in [0.15, 0.2) is 65.1 Å². The van der Waals surface area contributed by atoms with Crippen LogP contribution in [0, 0.1) is 19.7 Å². The summed E-state index contributed by atoms with van der Waals surface area (Å²) in [6.45, 7) is 5.15. The molecule has 134 valence electrons. The highest BCUT2D eigenvalue weighted by atomic mass is 79.9. The third-order valence-electron chi connectivity index (χ3n) is 4.16. The standard InChI is InChI=1S/C22H21BrFNO/c1-15-6-8-21(16(2)10-15)25-13-18-12-19(23)7-9-22(18)26-14-17-4-3-5-20(24)11-17/h3-12,25H,13-14H2,1-2H3. The van der Waals surface area contributed by atoms with Crippen molar-refractivity contribution in [1.29, 1.82) is 0 Å². The maximum atomic E-state index is 13.3. The van der Waals surface area contributed by atoms with Crippen molar-refractivity contribution >= 4 is 21.6 Å². The van der Waals surface area contributed by atoms with E-state index in [1.165, 1.54) is 23.3 Å². The first-order valence-electron chi connectivity index (χ1n) is 8.48. The van der Waals surface area contributed by atoms with Crippen molar-refractivity contribution in [3.63, 3.8) is 0 Å². The lowest BCUT2D eigenvalue weighted by Gasteiger charge is -2.15. The Morgan fingerprint density at radius 2 is 1.85 bits per heavy atom. The van der Waals surface area contributed by atoms with Crippen LogP contribution in [0.3, 0.4) is 0 Å². The van der Waals surface area contributed by atoms with E-state index in [0.29, 0.717) is 13.2 Å². The second-order valence-corrected chi connectivity index (χ2v) is 7.26. The molecule has 3 aromatic carbocycles. The molecule has 0 aromatic heterocycles. The Morgan fingerprint density at radius 1 is 1.00 bits per heavy atom. The van der Waals surface area contributed by atoms with Crippen molar-refractivity contribution in [3.05, 3.63) is 93.2 Å². The Balaban J connectivity index is 1.73. The van der Waals surface area contributed by atoms with E-state index in [4.69, 9.17) is 4.74 Å². The van der Waals surface area contributed by atoms with Gasteiger partial charge in [0, 0.05) is 22.3 Å². The van der Waals surface area contributed by atoms with Crippen molar-refractivity contribution in [2.75, 3.05) is 5.32 Å². The summed E-state index contributed by atoms with van der Waals surface area (Å²) in [6.07, 6.45) is 0. The topological polar surface area (TPSA) is 21.3 Å². The van der Waals surface area contributed by atoms with Crippen molar-refractivity contribution in [2.24, 2.45) is 0 Å². The van der Waals surface area contributed by atoms with E-state index in [1.54, 1.807) is 6.07 Å². The van der Waals surface area contributed by atoms with Crippen LogP contribution in [-0.4, -0.2) is 0 Å². The largest absolute Gasteiger partial charge is 0.489 e. The van der Waals surface area contributed by atoms with Crippen LogP contribution in [0.2, 0.25) is 0 Å². The Hall–Kier alpha value is -2.33. The van der Waals surface area contributed by atoms with Gasteiger partial charge in [-0.3, -0.25) is 0 Å². The van der Waals surface area contributed by atoms with Crippen molar-refractivity contribution < 1.29 is 9.13 Å². The molecule has 0 aliphatic carbocycles. The van der Waals surface area contributed by atoms with E-state index >= 15 is 0 Å². The van der Waals surface area contributed by atoms with E-state index in [1.807, 2.05) is 24.3 Å². The Labute approximate surface area is 162 Å². The quantitative estimate of drug-likeness (QED) is 0.504. The van der Waals surface area contributed by atoms with Crippen LogP contribution < -0.4 is 10.1 Å². The van der Waals surface area contributed by atoms with E-state index in [0.717, 1.165) is 27.0 Å². The number of hydrogen-bond donors (Lipinski definition) is 1. The summed E-state index contributed by atoms with van der Waals surface area (Å²) in [5, 5.41) is 3.47. The minimum atomic E-state index is -0.251. The number of benzene rings is 3. The Bertz CT molecular complexity index is 910. The first-order valence-corrected chi connectivity index (χ1v) is 9.27. The van der Waals surface area contributed by atoms with E-state index < -0.39 is 0 Å². The molecule has 0 atom stereocenters. The van der Waals surface area contributed by atoms with E-state index in [9.17, 15) is 4.39 Å². The molecule has 0 saturated heterocycles. The molecule has 26 heavy (non-hydrogen) atoms. The number of aryl methyl sites for hydroxylation is 2. The van der Waals surface area contributed by atoms with Gasteiger partial charge >= 0.3 is 0 Å². The van der Waals surface area contributed by atoms with Gasteiger partial charge < -0.3 is 10.1 Å². The lowest BCUT2D eigenvalue weighted by molar-refractivity contribution is 0.302. The fourth-order valence-corrected chi connectivity index (χ4v) is 3.23. The summed E-state index contributed by atoms with van der Waals surface area (Å²) in [4.78, 5) is 0. The SMILES string of the molecule is Cc1ccc(NCc2cc(Br)ccc2OCc2cccc(F)c2)c(C)c1. The number of rotatable bonds is 6. The van der Waals surface area contributed by atoms with Gasteiger partial charge in [0.05, 0.1) is 0 Å². The van der Waals surface area contributed by atoms with Gasteiger partial charge in [-0.05, 0) is 61.4 Å². The zero-order valence-corrected chi connectivity index (χ0v) is 16.4. The van der Waals surface area contributed by atoms with Gasteiger partial charge in [0.15, 0.2) is 0 Å². The number of anilines is 1. The molecular formula is C22H21BrFNO. The number of ether oxygens (including phenoxy) is 1. The predicted octanol–water partition coefficient (Wildman–Crippen LogP) is 6.40. The zero-order chi connectivity index (χ0) is 18.5. The molecule has 0 saturated carbocycles. The molecule has 4 heteroatoms. The molecule has 0 amide bonds.